The monoisotopic (exact) mass is 267 g/mol. The van der Waals surface area contributed by atoms with Gasteiger partial charge in [0.2, 0.25) is 0 Å². The highest BCUT2D eigenvalue weighted by atomic mass is 16.5. The lowest BCUT2D eigenvalue weighted by Crippen LogP contribution is -2.59. The molecular weight excluding hydrogens is 238 g/mol. The SMILES string of the molecule is CC1CN2CCCCC2CN1CC1CCC(CN)O1. The highest BCUT2D eigenvalue weighted by molar-refractivity contribution is 4.90. The third-order valence-corrected chi connectivity index (χ3v) is 5.21. The minimum absolute atomic E-state index is 0.316. The van der Waals surface area contributed by atoms with Crippen LogP contribution in [0.5, 0.6) is 0 Å². The molecule has 3 saturated heterocycles. The van der Waals surface area contributed by atoms with Gasteiger partial charge in [0.15, 0.2) is 0 Å². The summed E-state index contributed by atoms with van der Waals surface area (Å²) < 4.78 is 6.02. The summed E-state index contributed by atoms with van der Waals surface area (Å²) in [5.74, 6) is 0. The number of rotatable bonds is 3. The van der Waals surface area contributed by atoms with Crippen molar-refractivity contribution in [1.29, 1.82) is 0 Å². The fraction of sp³-hybridized carbons (Fsp3) is 1.00. The molecule has 19 heavy (non-hydrogen) atoms. The Morgan fingerprint density at radius 1 is 1.11 bits per heavy atom. The predicted octanol–water partition coefficient (Wildman–Crippen LogP) is 1.05. The van der Waals surface area contributed by atoms with Gasteiger partial charge in [-0.05, 0) is 39.2 Å². The Balaban J connectivity index is 1.53. The first kappa shape index (κ1) is 13.8. The summed E-state index contributed by atoms with van der Waals surface area (Å²) in [7, 11) is 0. The molecule has 3 aliphatic heterocycles. The molecule has 0 aromatic heterocycles. The number of nitrogens with zero attached hydrogens (tertiary/aromatic N) is 2. The van der Waals surface area contributed by atoms with Gasteiger partial charge >= 0.3 is 0 Å². The van der Waals surface area contributed by atoms with Crippen molar-refractivity contribution < 1.29 is 4.74 Å². The Morgan fingerprint density at radius 2 is 1.95 bits per heavy atom. The zero-order chi connectivity index (χ0) is 13.2. The molecule has 4 atom stereocenters. The first-order valence-corrected chi connectivity index (χ1v) is 8.10. The number of hydrogen-bond donors (Lipinski definition) is 1. The molecule has 110 valence electrons. The second-order valence-electron chi connectivity index (χ2n) is 6.64. The Morgan fingerprint density at radius 3 is 2.74 bits per heavy atom. The van der Waals surface area contributed by atoms with E-state index in [9.17, 15) is 0 Å². The van der Waals surface area contributed by atoms with Gasteiger partial charge in [0, 0.05) is 38.3 Å². The topological polar surface area (TPSA) is 41.7 Å². The van der Waals surface area contributed by atoms with Crippen LogP contribution in [0.4, 0.5) is 0 Å². The Hall–Kier alpha value is -0.160. The van der Waals surface area contributed by atoms with E-state index in [2.05, 4.69) is 16.7 Å². The van der Waals surface area contributed by atoms with Crippen LogP contribution in [0.3, 0.4) is 0 Å². The number of hydrogen-bond acceptors (Lipinski definition) is 4. The fourth-order valence-electron chi connectivity index (χ4n) is 4.02. The molecule has 4 unspecified atom stereocenters. The van der Waals surface area contributed by atoms with Gasteiger partial charge in [-0.25, -0.2) is 0 Å². The maximum absolute atomic E-state index is 6.02. The molecule has 4 heteroatoms. The number of ether oxygens (including phenoxy) is 1. The van der Waals surface area contributed by atoms with Gasteiger partial charge in [-0.15, -0.1) is 0 Å². The lowest BCUT2D eigenvalue weighted by atomic mass is 9.97. The lowest BCUT2D eigenvalue weighted by molar-refractivity contribution is -0.0255. The normalized spacial score (nSPS) is 41.4. The molecule has 0 aliphatic carbocycles. The summed E-state index contributed by atoms with van der Waals surface area (Å²) in [6.45, 7) is 7.98. The van der Waals surface area contributed by atoms with Crippen molar-refractivity contribution in [1.82, 2.24) is 9.80 Å². The summed E-state index contributed by atoms with van der Waals surface area (Å²) in [6, 6.07) is 1.48. The molecule has 0 spiro atoms. The molecule has 0 amide bonds. The number of piperazine rings is 1. The van der Waals surface area contributed by atoms with E-state index < -0.39 is 0 Å². The van der Waals surface area contributed by atoms with Crippen LogP contribution in [-0.2, 0) is 4.74 Å². The molecule has 0 radical (unpaired) electrons. The van der Waals surface area contributed by atoms with Crippen molar-refractivity contribution in [2.45, 2.75) is 63.3 Å². The standard InChI is InChI=1S/C15H29N3O/c1-12-9-17-7-3-2-4-13(17)10-18(12)11-15-6-5-14(8-16)19-15/h12-15H,2-11,16H2,1H3. The molecule has 3 aliphatic rings. The van der Waals surface area contributed by atoms with Crippen molar-refractivity contribution in [2.24, 2.45) is 5.73 Å². The summed E-state index contributed by atoms with van der Waals surface area (Å²) in [6.07, 6.45) is 7.28. The minimum Gasteiger partial charge on any atom is -0.372 e. The van der Waals surface area contributed by atoms with Gasteiger partial charge < -0.3 is 10.5 Å². The van der Waals surface area contributed by atoms with Gasteiger partial charge in [-0.1, -0.05) is 6.42 Å². The van der Waals surface area contributed by atoms with E-state index in [0.29, 0.717) is 24.8 Å². The molecule has 3 rings (SSSR count). The average molecular weight is 267 g/mol. The van der Waals surface area contributed by atoms with E-state index in [4.69, 9.17) is 10.5 Å². The zero-order valence-electron chi connectivity index (χ0n) is 12.3. The van der Waals surface area contributed by atoms with Gasteiger partial charge in [0.05, 0.1) is 12.2 Å². The maximum atomic E-state index is 6.02. The zero-order valence-corrected chi connectivity index (χ0v) is 12.3. The fourth-order valence-corrected chi connectivity index (χ4v) is 4.02. The molecule has 3 fully saturated rings. The summed E-state index contributed by atoms with van der Waals surface area (Å²) >= 11 is 0. The molecule has 0 bridgehead atoms. The Bertz CT molecular complexity index is 299. The van der Waals surface area contributed by atoms with Crippen molar-refractivity contribution in [3.63, 3.8) is 0 Å². The van der Waals surface area contributed by atoms with Crippen molar-refractivity contribution in [3.05, 3.63) is 0 Å². The average Bonchev–Trinajstić information content (AvgIpc) is 2.87. The van der Waals surface area contributed by atoms with Gasteiger partial charge in [0.25, 0.3) is 0 Å². The van der Waals surface area contributed by atoms with Crippen LogP contribution in [0.2, 0.25) is 0 Å². The highest BCUT2D eigenvalue weighted by Gasteiger charge is 2.35. The van der Waals surface area contributed by atoms with Gasteiger partial charge in [-0.3, -0.25) is 9.80 Å². The lowest BCUT2D eigenvalue weighted by Gasteiger charge is -2.48. The van der Waals surface area contributed by atoms with Gasteiger partial charge in [0.1, 0.15) is 0 Å². The van der Waals surface area contributed by atoms with Gasteiger partial charge in [-0.2, -0.15) is 0 Å². The number of nitrogens with two attached hydrogens (primary N) is 1. The number of fused-ring (bicyclic) bond motifs is 1. The summed E-state index contributed by atoms with van der Waals surface area (Å²) in [5, 5.41) is 0. The first-order chi connectivity index (χ1) is 9.26. The highest BCUT2D eigenvalue weighted by Crippen LogP contribution is 2.26. The first-order valence-electron chi connectivity index (χ1n) is 8.10. The van der Waals surface area contributed by atoms with E-state index in [1.807, 2.05) is 0 Å². The van der Waals surface area contributed by atoms with Crippen LogP contribution >= 0.6 is 0 Å². The third-order valence-electron chi connectivity index (χ3n) is 5.21. The number of piperidine rings is 1. The summed E-state index contributed by atoms with van der Waals surface area (Å²) in [5.41, 5.74) is 5.70. The van der Waals surface area contributed by atoms with E-state index in [0.717, 1.165) is 19.0 Å². The van der Waals surface area contributed by atoms with Crippen LogP contribution in [0.1, 0.15) is 39.0 Å². The van der Waals surface area contributed by atoms with Crippen LogP contribution in [0, 0.1) is 0 Å². The van der Waals surface area contributed by atoms with E-state index in [1.54, 1.807) is 0 Å². The molecule has 0 aromatic rings. The van der Waals surface area contributed by atoms with E-state index >= 15 is 0 Å². The smallest absolute Gasteiger partial charge is 0.0707 e. The van der Waals surface area contributed by atoms with Crippen molar-refractivity contribution >= 4 is 0 Å². The van der Waals surface area contributed by atoms with Crippen LogP contribution in [-0.4, -0.2) is 66.8 Å². The Kier molecular flexibility index (Phi) is 4.42. The van der Waals surface area contributed by atoms with Crippen molar-refractivity contribution in [3.8, 4) is 0 Å². The Labute approximate surface area is 117 Å². The minimum atomic E-state index is 0.316. The molecule has 2 N–H and O–H groups in total. The molecule has 4 nitrogen and oxygen atoms in total. The quantitative estimate of drug-likeness (QED) is 0.830. The molecule has 0 saturated carbocycles. The van der Waals surface area contributed by atoms with Crippen LogP contribution in [0.25, 0.3) is 0 Å². The maximum Gasteiger partial charge on any atom is 0.0707 e. The van der Waals surface area contributed by atoms with E-state index in [-0.39, 0.29) is 0 Å². The second kappa shape index (κ2) is 6.08. The summed E-state index contributed by atoms with van der Waals surface area (Å²) in [4.78, 5) is 5.37. The van der Waals surface area contributed by atoms with E-state index in [1.165, 1.54) is 45.3 Å². The predicted molar refractivity (Wildman–Crippen MR) is 77.2 cm³/mol. The van der Waals surface area contributed by atoms with Crippen molar-refractivity contribution in [2.75, 3.05) is 32.7 Å². The molecule has 3 heterocycles. The molecular formula is C15H29N3O. The second-order valence-corrected chi connectivity index (χ2v) is 6.64. The molecule has 0 aromatic carbocycles. The largest absolute Gasteiger partial charge is 0.372 e. The van der Waals surface area contributed by atoms with Crippen LogP contribution < -0.4 is 5.73 Å². The van der Waals surface area contributed by atoms with Crippen LogP contribution in [0.15, 0.2) is 0 Å². The third kappa shape index (κ3) is 3.13.